The lowest BCUT2D eigenvalue weighted by atomic mass is 9.79. The van der Waals surface area contributed by atoms with Crippen molar-refractivity contribution in [2.24, 2.45) is 0 Å². The van der Waals surface area contributed by atoms with Gasteiger partial charge < -0.3 is 0 Å². The van der Waals surface area contributed by atoms with E-state index in [1.54, 1.807) is 0 Å². The molecule has 0 atom stereocenters. The Hall–Kier alpha value is -7.80. The third kappa shape index (κ3) is 6.73. The smallest absolute Gasteiger partial charge is 0.0159 e. The molecule has 5 aliphatic carbocycles. The van der Waals surface area contributed by atoms with Gasteiger partial charge in [0.1, 0.15) is 0 Å². The predicted octanol–water partition coefficient (Wildman–Crippen LogP) is 21.2. The zero-order valence-electron chi connectivity index (χ0n) is 48.0. The molecule has 0 bridgehead atoms. The number of hydrogen-bond acceptors (Lipinski definition) is 0. The third-order valence-corrected chi connectivity index (χ3v) is 20.5. The first kappa shape index (κ1) is 48.3. The minimum Gasteiger partial charge on any atom is -0.0654 e. The molecule has 5 aliphatic rings. The average molecular weight is 1020 g/mol. The van der Waals surface area contributed by atoms with Crippen LogP contribution >= 0.6 is 0 Å². The zero-order valence-corrected chi connectivity index (χ0v) is 48.0. The molecule has 0 nitrogen and oxygen atoms in total. The zero-order chi connectivity index (χ0) is 54.3. The van der Waals surface area contributed by atoms with Crippen LogP contribution in [-0.2, 0) is 33.5 Å². The highest BCUT2D eigenvalue weighted by molar-refractivity contribution is 5.92. The van der Waals surface area contributed by atoms with Crippen molar-refractivity contribution >= 4 is 0 Å². The van der Waals surface area contributed by atoms with Crippen molar-refractivity contribution in [2.45, 2.75) is 122 Å². The fourth-order valence-corrected chi connectivity index (χ4v) is 15.7. The van der Waals surface area contributed by atoms with Crippen molar-refractivity contribution in [3.05, 3.63) is 249 Å². The van der Waals surface area contributed by atoms with Crippen molar-refractivity contribution in [3.63, 3.8) is 0 Å². The van der Waals surface area contributed by atoms with Gasteiger partial charge in [0.25, 0.3) is 0 Å². The first-order valence-electron chi connectivity index (χ1n) is 29.3. The van der Waals surface area contributed by atoms with Crippen LogP contribution in [0.3, 0.4) is 0 Å². The summed E-state index contributed by atoms with van der Waals surface area (Å²) in [5.74, 6) is 0. The molecule has 0 aliphatic heterocycles. The first-order valence-corrected chi connectivity index (χ1v) is 29.3. The van der Waals surface area contributed by atoms with E-state index in [0.29, 0.717) is 0 Å². The lowest BCUT2D eigenvalue weighted by Gasteiger charge is -2.24. The Bertz CT molecular complexity index is 4310. The summed E-state index contributed by atoms with van der Waals surface area (Å²) in [4.78, 5) is 0. The summed E-state index contributed by atoms with van der Waals surface area (Å²) in [6.45, 7) is 26.4. The SMILES string of the molecule is CCCCc1ccc2c(c1)C(C)(C)c1cc(-c3ccc4c(c3)C(C)(C)c3cc(-c5ccc6c(c5)C(C)(C)c5cc(-c7ccc8c(c7)C(C)(C)c7cc(-c9ccc%10c(c9)C(C)(C)c9ccccc9-%10)ccc7-8)ccc5-6)ccc3-4)ccc1-2. The summed E-state index contributed by atoms with van der Waals surface area (Å²) < 4.78 is 0. The van der Waals surface area contributed by atoms with E-state index in [1.807, 2.05) is 0 Å². The van der Waals surface area contributed by atoms with Crippen LogP contribution in [0.5, 0.6) is 0 Å². The summed E-state index contributed by atoms with van der Waals surface area (Å²) in [5.41, 5.74) is 39.1. The number of fused-ring (bicyclic) bond motifs is 15. The van der Waals surface area contributed by atoms with Crippen LogP contribution in [0, 0.1) is 0 Å². The standard InChI is InChI=1S/C79H70/c1-12-13-16-46-19-28-56-58-30-21-48(39-68(58)76(4,5)66(56)37-46)50-23-32-60-62-34-25-52(43-72(62)78(8,9)70(60)41-50)54-27-36-64-63-35-26-53(44-73(63)79(10,11)74(64)45-54)51-24-33-61-59-31-22-49(40-69(59)77(6,7)71(61)42-51)47-20-29-57-55-17-14-15-18-65(55)75(2,3)67(57)38-47/h14-15,17-45H,12-13,16H2,1-11H3. The molecule has 0 saturated carbocycles. The molecule has 15 rings (SSSR count). The molecule has 0 aromatic heterocycles. The number of aryl methyl sites for hydroxylation is 1. The quantitative estimate of drug-likeness (QED) is 0.149. The van der Waals surface area contributed by atoms with E-state index in [9.17, 15) is 0 Å². The predicted molar refractivity (Wildman–Crippen MR) is 335 cm³/mol. The molecule has 0 saturated heterocycles. The number of rotatable bonds is 7. The molecule has 0 unspecified atom stereocenters. The van der Waals surface area contributed by atoms with Gasteiger partial charge in [0.05, 0.1) is 0 Å². The lowest BCUT2D eigenvalue weighted by Crippen LogP contribution is -2.16. The molecule has 79 heavy (non-hydrogen) atoms. The second-order valence-electron chi connectivity index (χ2n) is 26.7. The maximum atomic E-state index is 2.50. The van der Waals surface area contributed by atoms with Crippen LogP contribution in [0.25, 0.3) is 100 Å². The van der Waals surface area contributed by atoms with Gasteiger partial charge in [-0.05, 0) is 223 Å². The van der Waals surface area contributed by atoms with Gasteiger partial charge >= 0.3 is 0 Å². The highest BCUT2D eigenvalue weighted by Gasteiger charge is 2.41. The van der Waals surface area contributed by atoms with E-state index in [2.05, 4.69) is 264 Å². The lowest BCUT2D eigenvalue weighted by molar-refractivity contribution is 0.658. The highest BCUT2D eigenvalue weighted by atomic mass is 14.4. The fourth-order valence-electron chi connectivity index (χ4n) is 15.7. The Morgan fingerprint density at radius 2 is 0.443 bits per heavy atom. The second kappa shape index (κ2) is 16.4. The summed E-state index contributed by atoms with van der Waals surface area (Å²) in [7, 11) is 0. The fraction of sp³-hybridized carbons (Fsp3) is 0.241. The van der Waals surface area contributed by atoms with Gasteiger partial charge in [-0.15, -0.1) is 0 Å². The number of benzene rings is 10. The van der Waals surface area contributed by atoms with Crippen LogP contribution in [0.15, 0.2) is 188 Å². The molecule has 386 valence electrons. The second-order valence-corrected chi connectivity index (χ2v) is 26.7. The summed E-state index contributed by atoms with van der Waals surface area (Å²) >= 11 is 0. The van der Waals surface area contributed by atoms with Gasteiger partial charge in [0.15, 0.2) is 0 Å². The summed E-state index contributed by atoms with van der Waals surface area (Å²) in [5, 5.41) is 0. The van der Waals surface area contributed by atoms with Gasteiger partial charge in [-0.2, -0.15) is 0 Å². The van der Waals surface area contributed by atoms with Gasteiger partial charge in [-0.25, -0.2) is 0 Å². The molecule has 0 spiro atoms. The van der Waals surface area contributed by atoms with Crippen molar-refractivity contribution in [2.75, 3.05) is 0 Å². The molecule has 0 heteroatoms. The number of hydrogen-bond donors (Lipinski definition) is 0. The van der Waals surface area contributed by atoms with Crippen LogP contribution in [0.2, 0.25) is 0 Å². The van der Waals surface area contributed by atoms with Crippen molar-refractivity contribution in [1.82, 2.24) is 0 Å². The van der Waals surface area contributed by atoms with E-state index in [4.69, 9.17) is 0 Å². The average Bonchev–Trinajstić information content (AvgIpc) is 4.33. The Kier molecular flexibility index (Phi) is 10.0. The van der Waals surface area contributed by atoms with Gasteiger partial charge in [0.2, 0.25) is 0 Å². The molecular weight excluding hydrogens is 949 g/mol. The van der Waals surface area contributed by atoms with E-state index < -0.39 is 0 Å². The molecule has 0 fully saturated rings. The number of unbranched alkanes of at least 4 members (excludes halogenated alkanes) is 1. The Balaban J connectivity index is 0.697. The van der Waals surface area contributed by atoms with Crippen LogP contribution in [0.1, 0.15) is 150 Å². The summed E-state index contributed by atoms with van der Waals surface area (Å²) in [6, 6.07) is 74.0. The van der Waals surface area contributed by atoms with Crippen LogP contribution < -0.4 is 0 Å². The topological polar surface area (TPSA) is 0 Å². The largest absolute Gasteiger partial charge is 0.0654 e. The van der Waals surface area contributed by atoms with Crippen molar-refractivity contribution < 1.29 is 0 Å². The minimum absolute atomic E-state index is 0.0273. The van der Waals surface area contributed by atoms with Gasteiger partial charge in [-0.3, -0.25) is 0 Å². The molecule has 0 amide bonds. The highest BCUT2D eigenvalue weighted by Crippen LogP contribution is 2.57. The monoisotopic (exact) mass is 1020 g/mol. The third-order valence-electron chi connectivity index (χ3n) is 20.5. The Morgan fingerprint density at radius 1 is 0.228 bits per heavy atom. The Labute approximate surface area is 469 Å². The van der Waals surface area contributed by atoms with Crippen molar-refractivity contribution in [3.8, 4) is 100 Å². The maximum absolute atomic E-state index is 2.50. The van der Waals surface area contributed by atoms with Crippen molar-refractivity contribution in [1.29, 1.82) is 0 Å². The molecule has 0 heterocycles. The molecular formula is C79H70. The van der Waals surface area contributed by atoms with E-state index in [-0.39, 0.29) is 27.1 Å². The maximum Gasteiger partial charge on any atom is 0.0159 e. The van der Waals surface area contributed by atoms with Crippen LogP contribution in [-0.4, -0.2) is 0 Å². The first-order chi connectivity index (χ1) is 37.8. The molecule has 0 N–H and O–H groups in total. The minimum atomic E-state index is -0.162. The van der Waals surface area contributed by atoms with E-state index >= 15 is 0 Å². The van der Waals surface area contributed by atoms with Gasteiger partial charge in [0, 0.05) is 27.1 Å². The normalized spacial score (nSPS) is 16.7. The molecule has 0 radical (unpaired) electrons. The summed E-state index contributed by atoms with van der Waals surface area (Å²) in [6.07, 6.45) is 3.61. The molecule has 10 aromatic rings. The van der Waals surface area contributed by atoms with E-state index in [0.717, 1.165) is 6.42 Å². The van der Waals surface area contributed by atoms with Crippen LogP contribution in [0.4, 0.5) is 0 Å². The van der Waals surface area contributed by atoms with Gasteiger partial charge in [-0.1, -0.05) is 222 Å². The Morgan fingerprint density at radius 3 is 0.709 bits per heavy atom. The van der Waals surface area contributed by atoms with E-state index in [1.165, 1.54) is 174 Å². The molecule has 10 aromatic carbocycles.